The number of benzene rings is 2. The number of anilines is 3. The normalized spacial score (nSPS) is 13.9. The fourth-order valence-electron chi connectivity index (χ4n) is 4.13. The Morgan fingerprint density at radius 3 is 2.91 bits per heavy atom. The standard InChI is InChI=1S/C27H27N5O3/c1-2-35-24(33)10-9-19-5-3-7-21(17-19)22-18-29-27(31-26(22)32-13-15-34-16-14-32)30-23-8-4-6-20-11-12-28-25(20)23/h3-12,17-18,28H,2,13-16H2,1H3,(H,29,30,31). The number of morpholine rings is 1. The Morgan fingerprint density at radius 2 is 2.06 bits per heavy atom. The van der Waals surface area contributed by atoms with Gasteiger partial charge in [-0.1, -0.05) is 30.3 Å². The zero-order chi connectivity index (χ0) is 24.0. The molecule has 1 aliphatic rings. The van der Waals surface area contributed by atoms with Crippen molar-refractivity contribution in [1.29, 1.82) is 0 Å². The lowest BCUT2D eigenvalue weighted by Gasteiger charge is -2.29. The SMILES string of the molecule is CCOC(=O)C=Cc1cccc(-c2cnc(Nc3cccc4cc[nH]c34)nc2N2CCOCC2)c1. The first-order valence-corrected chi connectivity index (χ1v) is 11.7. The van der Waals surface area contributed by atoms with Gasteiger partial charge < -0.3 is 24.7 Å². The second-order valence-electron chi connectivity index (χ2n) is 8.11. The number of esters is 1. The Bertz CT molecular complexity index is 1360. The molecule has 0 bridgehead atoms. The number of ether oxygens (including phenoxy) is 2. The Hall–Kier alpha value is -4.17. The molecule has 5 rings (SSSR count). The largest absolute Gasteiger partial charge is 0.463 e. The third-order valence-electron chi connectivity index (χ3n) is 5.81. The monoisotopic (exact) mass is 469 g/mol. The first-order valence-electron chi connectivity index (χ1n) is 11.7. The molecule has 178 valence electrons. The van der Waals surface area contributed by atoms with Gasteiger partial charge in [0.05, 0.1) is 31.0 Å². The van der Waals surface area contributed by atoms with E-state index in [0.717, 1.165) is 52.2 Å². The summed E-state index contributed by atoms with van der Waals surface area (Å²) >= 11 is 0. The predicted octanol–water partition coefficient (Wildman–Crippen LogP) is 4.78. The van der Waals surface area contributed by atoms with Gasteiger partial charge in [-0.15, -0.1) is 0 Å². The maximum atomic E-state index is 11.7. The third kappa shape index (κ3) is 5.17. The van der Waals surface area contributed by atoms with Crippen LogP contribution < -0.4 is 10.2 Å². The molecule has 3 heterocycles. The van der Waals surface area contributed by atoms with Crippen LogP contribution in [0.25, 0.3) is 28.1 Å². The fraction of sp³-hybridized carbons (Fsp3) is 0.222. The summed E-state index contributed by atoms with van der Waals surface area (Å²) in [6.07, 6.45) is 6.96. The zero-order valence-corrected chi connectivity index (χ0v) is 19.5. The second kappa shape index (κ2) is 10.4. The highest BCUT2D eigenvalue weighted by Crippen LogP contribution is 2.32. The highest BCUT2D eigenvalue weighted by atomic mass is 16.5. The van der Waals surface area contributed by atoms with Gasteiger partial charge in [-0.25, -0.2) is 9.78 Å². The fourth-order valence-corrected chi connectivity index (χ4v) is 4.13. The molecular formula is C27H27N5O3. The maximum absolute atomic E-state index is 11.7. The Morgan fingerprint density at radius 1 is 1.20 bits per heavy atom. The van der Waals surface area contributed by atoms with Crippen LogP contribution in [0, 0.1) is 0 Å². The molecular weight excluding hydrogens is 442 g/mol. The zero-order valence-electron chi connectivity index (χ0n) is 19.5. The molecule has 1 aliphatic heterocycles. The van der Waals surface area contributed by atoms with Crippen molar-refractivity contribution in [3.05, 3.63) is 72.6 Å². The maximum Gasteiger partial charge on any atom is 0.330 e. The van der Waals surface area contributed by atoms with Crippen LogP contribution in [0.15, 0.2) is 67.0 Å². The van der Waals surface area contributed by atoms with Crippen LogP contribution in [0.5, 0.6) is 0 Å². The lowest BCUT2D eigenvalue weighted by Crippen LogP contribution is -2.37. The number of hydrogen-bond donors (Lipinski definition) is 2. The highest BCUT2D eigenvalue weighted by molar-refractivity contribution is 5.92. The number of hydrogen-bond acceptors (Lipinski definition) is 7. The van der Waals surface area contributed by atoms with E-state index in [9.17, 15) is 4.79 Å². The minimum absolute atomic E-state index is 0.349. The topological polar surface area (TPSA) is 92.4 Å². The molecule has 2 N–H and O–H groups in total. The average Bonchev–Trinajstić information content (AvgIpc) is 3.38. The van der Waals surface area contributed by atoms with Gasteiger partial charge in [0, 0.05) is 42.5 Å². The minimum atomic E-state index is -0.359. The first-order chi connectivity index (χ1) is 17.2. The van der Waals surface area contributed by atoms with Crippen LogP contribution in [0.2, 0.25) is 0 Å². The van der Waals surface area contributed by atoms with E-state index in [1.54, 1.807) is 13.0 Å². The van der Waals surface area contributed by atoms with E-state index in [-0.39, 0.29) is 5.97 Å². The Balaban J connectivity index is 1.49. The van der Waals surface area contributed by atoms with Gasteiger partial charge in [-0.05, 0) is 42.3 Å². The first kappa shape index (κ1) is 22.6. The van der Waals surface area contributed by atoms with Crippen molar-refractivity contribution in [3.8, 4) is 11.1 Å². The molecule has 0 unspecified atom stereocenters. The van der Waals surface area contributed by atoms with Crippen LogP contribution in [-0.4, -0.2) is 53.8 Å². The molecule has 0 radical (unpaired) electrons. The van der Waals surface area contributed by atoms with Crippen molar-refractivity contribution in [3.63, 3.8) is 0 Å². The minimum Gasteiger partial charge on any atom is -0.463 e. The van der Waals surface area contributed by atoms with Crippen molar-refractivity contribution in [1.82, 2.24) is 15.0 Å². The lowest BCUT2D eigenvalue weighted by atomic mass is 10.0. The summed E-state index contributed by atoms with van der Waals surface area (Å²) in [5.74, 6) is 1.01. The summed E-state index contributed by atoms with van der Waals surface area (Å²) in [5, 5.41) is 4.49. The molecule has 8 heteroatoms. The van der Waals surface area contributed by atoms with E-state index in [1.807, 2.05) is 54.9 Å². The molecule has 4 aromatic rings. The summed E-state index contributed by atoms with van der Waals surface area (Å²) < 4.78 is 10.6. The smallest absolute Gasteiger partial charge is 0.330 e. The van der Waals surface area contributed by atoms with Gasteiger partial charge in [0.2, 0.25) is 5.95 Å². The molecule has 2 aromatic heterocycles. The lowest BCUT2D eigenvalue weighted by molar-refractivity contribution is -0.137. The van der Waals surface area contributed by atoms with E-state index >= 15 is 0 Å². The van der Waals surface area contributed by atoms with Crippen molar-refractivity contribution in [2.75, 3.05) is 43.1 Å². The van der Waals surface area contributed by atoms with Gasteiger partial charge in [0.15, 0.2) is 0 Å². The highest BCUT2D eigenvalue weighted by Gasteiger charge is 2.19. The predicted molar refractivity (Wildman–Crippen MR) is 138 cm³/mol. The van der Waals surface area contributed by atoms with Crippen molar-refractivity contribution in [2.24, 2.45) is 0 Å². The van der Waals surface area contributed by atoms with Gasteiger partial charge in [-0.2, -0.15) is 4.98 Å². The molecule has 1 saturated heterocycles. The van der Waals surface area contributed by atoms with E-state index in [1.165, 1.54) is 6.08 Å². The number of rotatable bonds is 7. The van der Waals surface area contributed by atoms with Gasteiger partial charge in [0.1, 0.15) is 5.82 Å². The number of nitrogens with zero attached hydrogens (tertiary/aromatic N) is 3. The second-order valence-corrected chi connectivity index (χ2v) is 8.11. The number of aromatic nitrogens is 3. The summed E-state index contributed by atoms with van der Waals surface area (Å²) in [7, 11) is 0. The number of carbonyl (C=O) groups is 1. The van der Waals surface area contributed by atoms with E-state index in [4.69, 9.17) is 14.5 Å². The molecule has 35 heavy (non-hydrogen) atoms. The van der Waals surface area contributed by atoms with Crippen LogP contribution in [-0.2, 0) is 14.3 Å². The van der Waals surface area contributed by atoms with Crippen molar-refractivity contribution in [2.45, 2.75) is 6.92 Å². The molecule has 8 nitrogen and oxygen atoms in total. The average molecular weight is 470 g/mol. The molecule has 0 atom stereocenters. The number of para-hydroxylation sites is 1. The van der Waals surface area contributed by atoms with Gasteiger partial charge in [-0.3, -0.25) is 0 Å². The van der Waals surface area contributed by atoms with E-state index in [0.29, 0.717) is 25.8 Å². The summed E-state index contributed by atoms with van der Waals surface area (Å²) in [5.41, 5.74) is 4.70. The number of carbonyl (C=O) groups excluding carboxylic acids is 1. The van der Waals surface area contributed by atoms with E-state index in [2.05, 4.69) is 26.3 Å². The number of fused-ring (bicyclic) bond motifs is 1. The van der Waals surface area contributed by atoms with Crippen LogP contribution >= 0.6 is 0 Å². The van der Waals surface area contributed by atoms with Gasteiger partial charge in [0.25, 0.3) is 0 Å². The summed E-state index contributed by atoms with van der Waals surface area (Å²) in [4.78, 5) is 26.8. The van der Waals surface area contributed by atoms with Gasteiger partial charge >= 0.3 is 5.97 Å². The Labute approximate surface area is 203 Å². The molecule has 0 aliphatic carbocycles. The Kier molecular flexibility index (Phi) is 6.72. The number of aromatic amines is 1. The van der Waals surface area contributed by atoms with Crippen LogP contribution in [0.3, 0.4) is 0 Å². The van der Waals surface area contributed by atoms with Crippen molar-refractivity contribution >= 4 is 40.4 Å². The molecule has 0 amide bonds. The molecule has 0 spiro atoms. The molecule has 2 aromatic carbocycles. The number of H-pyrrole nitrogens is 1. The van der Waals surface area contributed by atoms with Crippen LogP contribution in [0.1, 0.15) is 12.5 Å². The molecule has 0 saturated carbocycles. The third-order valence-corrected chi connectivity index (χ3v) is 5.81. The van der Waals surface area contributed by atoms with Crippen molar-refractivity contribution < 1.29 is 14.3 Å². The summed E-state index contributed by atoms with van der Waals surface area (Å²) in [6, 6.07) is 16.1. The molecule has 1 fully saturated rings. The quantitative estimate of drug-likeness (QED) is 0.297. The number of nitrogens with one attached hydrogen (secondary N) is 2. The summed E-state index contributed by atoms with van der Waals surface area (Å²) in [6.45, 7) is 4.93. The van der Waals surface area contributed by atoms with Crippen LogP contribution in [0.4, 0.5) is 17.5 Å². The van der Waals surface area contributed by atoms with E-state index < -0.39 is 0 Å².